The Morgan fingerprint density at radius 1 is 1.29 bits per heavy atom. The second kappa shape index (κ2) is 7.97. The molecule has 0 unspecified atom stereocenters. The molecular weight excluding hydrogens is 380 g/mol. The lowest BCUT2D eigenvalue weighted by atomic mass is 10.3. The molecule has 1 aromatic carbocycles. The molecular formula is C19H20N4O4S. The molecule has 0 radical (unpaired) electrons. The van der Waals surface area contributed by atoms with Crippen LogP contribution in [0.3, 0.4) is 0 Å². The molecule has 0 spiro atoms. The number of amides is 2. The highest BCUT2D eigenvalue weighted by atomic mass is 32.1. The maximum Gasteiger partial charge on any atom is 0.276 e. The van der Waals surface area contributed by atoms with Gasteiger partial charge in [0.25, 0.3) is 5.91 Å². The Bertz CT molecular complexity index is 999. The van der Waals surface area contributed by atoms with Crippen LogP contribution in [0.15, 0.2) is 28.8 Å². The summed E-state index contributed by atoms with van der Waals surface area (Å²) in [4.78, 5) is 31.4. The lowest BCUT2D eigenvalue weighted by Crippen LogP contribution is -2.35. The van der Waals surface area contributed by atoms with Crippen molar-refractivity contribution in [1.82, 2.24) is 19.9 Å². The van der Waals surface area contributed by atoms with Crippen molar-refractivity contribution in [3.63, 3.8) is 0 Å². The fourth-order valence-electron chi connectivity index (χ4n) is 3.16. The molecule has 2 aromatic heterocycles. The third-order valence-electron chi connectivity index (χ3n) is 4.59. The van der Waals surface area contributed by atoms with Gasteiger partial charge in [0.05, 0.1) is 15.2 Å². The number of fused-ring (bicyclic) bond motifs is 1. The van der Waals surface area contributed by atoms with Crippen molar-refractivity contribution in [2.45, 2.75) is 20.0 Å². The van der Waals surface area contributed by atoms with Crippen molar-refractivity contribution in [1.29, 1.82) is 0 Å². The Balaban J connectivity index is 1.38. The molecule has 146 valence electrons. The van der Waals surface area contributed by atoms with Crippen molar-refractivity contribution >= 4 is 33.9 Å². The van der Waals surface area contributed by atoms with Gasteiger partial charge in [0.2, 0.25) is 6.41 Å². The minimum Gasteiger partial charge on any atom is -0.485 e. The molecule has 1 aliphatic rings. The molecule has 8 nitrogen and oxygen atoms in total. The van der Waals surface area contributed by atoms with Crippen LogP contribution in [-0.2, 0) is 11.4 Å². The number of hydrogen-bond acceptors (Lipinski definition) is 7. The third-order valence-corrected chi connectivity index (χ3v) is 5.54. The van der Waals surface area contributed by atoms with E-state index in [4.69, 9.17) is 9.26 Å². The first-order valence-electron chi connectivity index (χ1n) is 9.06. The highest BCUT2D eigenvalue weighted by molar-refractivity contribution is 7.18. The van der Waals surface area contributed by atoms with Crippen molar-refractivity contribution in [3.8, 4) is 5.75 Å². The number of thiazole rings is 1. The van der Waals surface area contributed by atoms with Gasteiger partial charge in [0, 0.05) is 38.3 Å². The van der Waals surface area contributed by atoms with E-state index in [2.05, 4.69) is 10.1 Å². The number of benzene rings is 1. The van der Waals surface area contributed by atoms with E-state index in [1.54, 1.807) is 27.2 Å². The van der Waals surface area contributed by atoms with E-state index in [0.29, 0.717) is 37.7 Å². The van der Waals surface area contributed by atoms with Crippen molar-refractivity contribution in [2.75, 3.05) is 26.2 Å². The van der Waals surface area contributed by atoms with E-state index in [9.17, 15) is 9.59 Å². The number of hydrogen-bond donors (Lipinski definition) is 0. The fraction of sp³-hybridized carbons (Fsp3) is 0.368. The normalized spacial score (nSPS) is 14.9. The molecule has 0 atom stereocenters. The lowest BCUT2D eigenvalue weighted by Gasteiger charge is -2.18. The Labute approximate surface area is 165 Å². The molecule has 0 aliphatic carbocycles. The van der Waals surface area contributed by atoms with Gasteiger partial charge in [0.15, 0.2) is 11.5 Å². The standard InChI is InChI=1S/C19H20N4O4S/c1-13-20-16-9-14(3-4-18(16)28-13)26-11-15-10-17(21-27-15)19(25)23-6-2-5-22(12-24)7-8-23/h3-4,9-10,12H,2,5-8,11H2,1H3. The second-order valence-electron chi connectivity index (χ2n) is 6.62. The summed E-state index contributed by atoms with van der Waals surface area (Å²) in [6.07, 6.45) is 1.57. The first-order valence-corrected chi connectivity index (χ1v) is 9.88. The summed E-state index contributed by atoms with van der Waals surface area (Å²) in [6.45, 7) is 4.42. The quantitative estimate of drug-likeness (QED) is 0.612. The van der Waals surface area contributed by atoms with Crippen molar-refractivity contribution in [3.05, 3.63) is 40.7 Å². The van der Waals surface area contributed by atoms with Gasteiger partial charge >= 0.3 is 0 Å². The number of carbonyl (C=O) groups excluding carboxylic acids is 2. The SMILES string of the molecule is Cc1nc2cc(OCc3cc(C(=O)N4CCCN(C=O)CC4)no3)ccc2s1. The van der Waals surface area contributed by atoms with Gasteiger partial charge in [0.1, 0.15) is 12.4 Å². The summed E-state index contributed by atoms with van der Waals surface area (Å²) in [5.41, 5.74) is 1.16. The van der Waals surface area contributed by atoms with Gasteiger partial charge in [-0.1, -0.05) is 5.16 Å². The van der Waals surface area contributed by atoms with Crippen LogP contribution < -0.4 is 4.74 Å². The first kappa shape index (κ1) is 18.4. The van der Waals surface area contributed by atoms with Gasteiger partial charge in [-0.2, -0.15) is 0 Å². The first-order chi connectivity index (χ1) is 13.6. The molecule has 0 saturated carbocycles. The highest BCUT2D eigenvalue weighted by Crippen LogP contribution is 2.26. The van der Waals surface area contributed by atoms with Crippen molar-refractivity contribution in [2.24, 2.45) is 0 Å². The van der Waals surface area contributed by atoms with Crippen LogP contribution in [0.1, 0.15) is 27.7 Å². The zero-order valence-corrected chi connectivity index (χ0v) is 16.3. The number of aryl methyl sites for hydroxylation is 1. The Kier molecular flexibility index (Phi) is 5.25. The van der Waals surface area contributed by atoms with E-state index >= 15 is 0 Å². The summed E-state index contributed by atoms with van der Waals surface area (Å²) < 4.78 is 12.1. The van der Waals surface area contributed by atoms with Gasteiger partial charge in [-0.25, -0.2) is 4.98 Å². The Morgan fingerprint density at radius 3 is 3.04 bits per heavy atom. The Hall–Kier alpha value is -2.94. The summed E-state index contributed by atoms with van der Waals surface area (Å²) in [7, 11) is 0. The molecule has 1 saturated heterocycles. The van der Waals surface area contributed by atoms with Crippen LogP contribution in [0.25, 0.3) is 10.2 Å². The monoisotopic (exact) mass is 400 g/mol. The molecule has 3 heterocycles. The number of nitrogens with zero attached hydrogens (tertiary/aromatic N) is 4. The second-order valence-corrected chi connectivity index (χ2v) is 7.85. The minimum absolute atomic E-state index is 0.174. The lowest BCUT2D eigenvalue weighted by molar-refractivity contribution is -0.118. The number of rotatable bonds is 5. The molecule has 1 aliphatic heterocycles. The van der Waals surface area contributed by atoms with Crippen molar-refractivity contribution < 1.29 is 18.8 Å². The summed E-state index contributed by atoms with van der Waals surface area (Å²) in [5.74, 6) is 0.966. The molecule has 0 bridgehead atoms. The number of ether oxygens (including phenoxy) is 1. The van der Waals surface area contributed by atoms with E-state index in [1.807, 2.05) is 25.1 Å². The van der Waals surface area contributed by atoms with E-state index in [0.717, 1.165) is 28.1 Å². The van der Waals surface area contributed by atoms with Gasteiger partial charge in [-0.3, -0.25) is 9.59 Å². The van der Waals surface area contributed by atoms with E-state index in [1.165, 1.54) is 0 Å². The van der Waals surface area contributed by atoms with E-state index < -0.39 is 0 Å². The predicted octanol–water partition coefficient (Wildman–Crippen LogP) is 2.48. The van der Waals surface area contributed by atoms with Crippen LogP contribution in [0.5, 0.6) is 5.75 Å². The van der Waals surface area contributed by atoms with Crippen LogP contribution in [-0.4, -0.2) is 58.4 Å². The fourth-order valence-corrected chi connectivity index (χ4v) is 3.96. The smallest absolute Gasteiger partial charge is 0.276 e. The maximum absolute atomic E-state index is 12.6. The number of carbonyl (C=O) groups is 2. The average molecular weight is 400 g/mol. The predicted molar refractivity (Wildman–Crippen MR) is 103 cm³/mol. The van der Waals surface area contributed by atoms with Crippen LogP contribution >= 0.6 is 11.3 Å². The van der Waals surface area contributed by atoms with Crippen LogP contribution in [0, 0.1) is 6.92 Å². The molecule has 0 N–H and O–H groups in total. The van der Waals surface area contributed by atoms with E-state index in [-0.39, 0.29) is 18.2 Å². The largest absolute Gasteiger partial charge is 0.485 e. The van der Waals surface area contributed by atoms with Gasteiger partial charge in [-0.05, 0) is 25.5 Å². The van der Waals surface area contributed by atoms with Gasteiger partial charge in [-0.15, -0.1) is 11.3 Å². The maximum atomic E-state index is 12.6. The summed E-state index contributed by atoms with van der Waals surface area (Å²) in [6, 6.07) is 7.36. The molecule has 9 heteroatoms. The van der Waals surface area contributed by atoms with Gasteiger partial charge < -0.3 is 19.1 Å². The van der Waals surface area contributed by atoms with Crippen LogP contribution in [0.2, 0.25) is 0 Å². The molecule has 28 heavy (non-hydrogen) atoms. The molecule has 1 fully saturated rings. The molecule has 4 rings (SSSR count). The summed E-state index contributed by atoms with van der Waals surface area (Å²) in [5, 5.41) is 4.90. The Morgan fingerprint density at radius 2 is 2.18 bits per heavy atom. The van der Waals surface area contributed by atoms with Crippen LogP contribution in [0.4, 0.5) is 0 Å². The average Bonchev–Trinajstić information content (AvgIpc) is 3.23. The third kappa shape index (κ3) is 3.99. The summed E-state index contributed by atoms with van der Waals surface area (Å²) >= 11 is 1.64. The zero-order chi connectivity index (χ0) is 19.5. The molecule has 3 aromatic rings. The molecule has 2 amide bonds. The minimum atomic E-state index is -0.192. The zero-order valence-electron chi connectivity index (χ0n) is 15.5. The number of aromatic nitrogens is 2. The highest BCUT2D eigenvalue weighted by Gasteiger charge is 2.22. The topological polar surface area (TPSA) is 88.8 Å².